The van der Waals surface area contributed by atoms with Crippen molar-refractivity contribution in [3.8, 4) is 0 Å². The number of benzene rings is 1. The number of rotatable bonds is 12. The second kappa shape index (κ2) is 12.8. The average Bonchev–Trinajstić information content (AvgIpc) is 3.72. The van der Waals surface area contributed by atoms with Crippen LogP contribution in [0.3, 0.4) is 0 Å². The number of aromatic amines is 2. The molecule has 0 saturated carbocycles. The van der Waals surface area contributed by atoms with Crippen molar-refractivity contribution < 1.29 is 24.3 Å². The number of H-pyrrole nitrogens is 2. The van der Waals surface area contributed by atoms with Crippen LogP contribution in [0.15, 0.2) is 43.0 Å². The molecule has 0 radical (unpaired) electrons. The number of para-hydroxylation sites is 1. The van der Waals surface area contributed by atoms with Crippen LogP contribution in [-0.4, -0.2) is 79.4 Å². The number of imidazole rings is 1. The number of hydrogen-bond donors (Lipinski definition) is 6. The highest BCUT2D eigenvalue weighted by atomic mass is 16.4. The Morgan fingerprint density at radius 3 is 2.65 bits per heavy atom. The van der Waals surface area contributed by atoms with Crippen LogP contribution >= 0.6 is 0 Å². The van der Waals surface area contributed by atoms with Crippen LogP contribution in [0, 0.1) is 5.92 Å². The molecular weight excluding hydrogens is 514 g/mol. The van der Waals surface area contributed by atoms with Gasteiger partial charge < -0.3 is 36.3 Å². The van der Waals surface area contributed by atoms with E-state index in [0.717, 1.165) is 16.5 Å². The summed E-state index contributed by atoms with van der Waals surface area (Å²) in [6.45, 7) is 3.98. The fourth-order valence-electron chi connectivity index (χ4n) is 5.17. The fraction of sp³-hybridized carbons (Fsp3) is 0.464. The van der Waals surface area contributed by atoms with Crippen molar-refractivity contribution in [2.24, 2.45) is 11.7 Å². The molecule has 214 valence electrons. The summed E-state index contributed by atoms with van der Waals surface area (Å²) < 4.78 is 0. The highest BCUT2D eigenvalue weighted by Crippen LogP contribution is 2.22. The summed E-state index contributed by atoms with van der Waals surface area (Å²) in [6, 6.07) is 3.78. The SMILES string of the molecule is CCC(C)C(NC(=O)C(Cc1c[nH]c2ccccc12)NC(=O)C1CCCN1C(=O)C(N)Cc1cnc[nH]1)C(=O)O. The maximum Gasteiger partial charge on any atom is 0.326 e. The Bertz CT molecular complexity index is 1340. The van der Waals surface area contributed by atoms with E-state index in [1.54, 1.807) is 19.3 Å². The Morgan fingerprint density at radius 2 is 1.95 bits per heavy atom. The number of nitrogens with zero attached hydrogens (tertiary/aromatic N) is 2. The summed E-state index contributed by atoms with van der Waals surface area (Å²) >= 11 is 0. The van der Waals surface area contributed by atoms with Gasteiger partial charge in [-0.15, -0.1) is 0 Å². The standard InChI is InChI=1S/C28H37N7O5/c1-3-16(2)24(28(39)40)34-25(36)22(11-17-13-31-21-8-5-4-7-19(17)21)33-26(37)23-9-6-10-35(23)27(38)20(29)12-18-14-30-15-32-18/h4-5,7-8,13-16,20,22-24,31H,3,6,9-12,29H2,1-2H3,(H,30,32)(H,33,37)(H,34,36)(H,39,40). The normalized spacial score (nSPS) is 18.2. The highest BCUT2D eigenvalue weighted by molar-refractivity contribution is 5.95. The zero-order chi connectivity index (χ0) is 28.8. The van der Waals surface area contributed by atoms with Gasteiger partial charge in [0.15, 0.2) is 0 Å². The Hall–Kier alpha value is -4.19. The number of carbonyl (C=O) groups is 4. The van der Waals surface area contributed by atoms with E-state index >= 15 is 0 Å². The first kappa shape index (κ1) is 28.8. The van der Waals surface area contributed by atoms with Gasteiger partial charge in [-0.3, -0.25) is 14.4 Å². The Kier molecular flexibility index (Phi) is 9.20. The molecule has 1 saturated heterocycles. The summed E-state index contributed by atoms with van der Waals surface area (Å²) in [7, 11) is 0. The molecule has 0 spiro atoms. The number of likely N-dealkylation sites (tertiary alicyclic amines) is 1. The summed E-state index contributed by atoms with van der Waals surface area (Å²) in [5, 5.41) is 16.1. The molecule has 1 aliphatic rings. The van der Waals surface area contributed by atoms with Gasteiger partial charge in [0.2, 0.25) is 17.7 Å². The molecule has 1 aromatic carbocycles. The summed E-state index contributed by atoms with van der Waals surface area (Å²) in [5.41, 5.74) is 8.57. The van der Waals surface area contributed by atoms with Gasteiger partial charge >= 0.3 is 5.97 Å². The van der Waals surface area contributed by atoms with E-state index < -0.39 is 42.0 Å². The molecule has 1 aliphatic heterocycles. The number of hydrogen-bond acceptors (Lipinski definition) is 6. The van der Waals surface area contributed by atoms with Gasteiger partial charge in [0, 0.05) is 48.4 Å². The number of carboxylic acid groups (broad SMARTS) is 1. The molecular formula is C28H37N7O5. The van der Waals surface area contributed by atoms with Gasteiger partial charge in [0.05, 0.1) is 12.4 Å². The number of fused-ring (bicyclic) bond motifs is 1. The zero-order valence-corrected chi connectivity index (χ0v) is 22.7. The molecule has 12 nitrogen and oxygen atoms in total. The molecule has 5 unspecified atom stereocenters. The minimum atomic E-state index is -1.14. The van der Waals surface area contributed by atoms with E-state index in [1.807, 2.05) is 31.2 Å². The molecule has 0 bridgehead atoms. The van der Waals surface area contributed by atoms with Crippen molar-refractivity contribution in [2.45, 2.75) is 70.1 Å². The second-order valence-electron chi connectivity index (χ2n) is 10.4. The van der Waals surface area contributed by atoms with Crippen LogP contribution in [-0.2, 0) is 32.0 Å². The van der Waals surface area contributed by atoms with E-state index in [2.05, 4.69) is 25.6 Å². The van der Waals surface area contributed by atoms with Crippen molar-refractivity contribution >= 4 is 34.6 Å². The molecule has 12 heteroatoms. The summed E-state index contributed by atoms with van der Waals surface area (Å²) in [4.78, 5) is 63.6. The van der Waals surface area contributed by atoms with Crippen LogP contribution in [0.25, 0.3) is 10.9 Å². The van der Waals surface area contributed by atoms with E-state index in [9.17, 15) is 24.3 Å². The summed E-state index contributed by atoms with van der Waals surface area (Å²) in [6.07, 6.45) is 6.87. The fourth-order valence-corrected chi connectivity index (χ4v) is 5.17. The highest BCUT2D eigenvalue weighted by Gasteiger charge is 2.38. The van der Waals surface area contributed by atoms with Crippen LogP contribution in [0.5, 0.6) is 0 Å². The number of nitrogens with two attached hydrogens (primary N) is 1. The number of carboxylic acids is 1. The van der Waals surface area contributed by atoms with Crippen molar-refractivity contribution in [2.75, 3.05) is 6.54 Å². The number of aromatic nitrogens is 3. The van der Waals surface area contributed by atoms with Crippen molar-refractivity contribution in [3.63, 3.8) is 0 Å². The van der Waals surface area contributed by atoms with Crippen LogP contribution < -0.4 is 16.4 Å². The summed E-state index contributed by atoms with van der Waals surface area (Å²) in [5.74, 6) is -2.88. The predicted octanol–water partition coefficient (Wildman–Crippen LogP) is 1.09. The van der Waals surface area contributed by atoms with Gasteiger partial charge in [0.25, 0.3) is 0 Å². The molecule has 5 atom stereocenters. The number of amides is 3. The van der Waals surface area contributed by atoms with Gasteiger partial charge in [-0.25, -0.2) is 9.78 Å². The quantitative estimate of drug-likeness (QED) is 0.194. The van der Waals surface area contributed by atoms with Gasteiger partial charge in [-0.05, 0) is 30.4 Å². The zero-order valence-electron chi connectivity index (χ0n) is 22.7. The number of nitrogens with one attached hydrogen (secondary N) is 4. The first-order valence-electron chi connectivity index (χ1n) is 13.6. The second-order valence-corrected chi connectivity index (χ2v) is 10.4. The maximum atomic E-state index is 13.6. The lowest BCUT2D eigenvalue weighted by molar-refractivity contribution is -0.144. The smallest absolute Gasteiger partial charge is 0.326 e. The molecule has 40 heavy (non-hydrogen) atoms. The van der Waals surface area contributed by atoms with Gasteiger partial charge in [-0.1, -0.05) is 38.5 Å². The Morgan fingerprint density at radius 1 is 1.18 bits per heavy atom. The topological polar surface area (TPSA) is 186 Å². The third kappa shape index (κ3) is 6.50. The van der Waals surface area contributed by atoms with Crippen LogP contribution in [0.2, 0.25) is 0 Å². The molecule has 7 N–H and O–H groups in total. The van der Waals surface area contributed by atoms with Crippen molar-refractivity contribution in [1.29, 1.82) is 0 Å². The number of aliphatic carboxylic acids is 1. The van der Waals surface area contributed by atoms with Crippen LogP contribution in [0.4, 0.5) is 0 Å². The molecule has 3 amide bonds. The van der Waals surface area contributed by atoms with E-state index in [1.165, 1.54) is 11.2 Å². The van der Waals surface area contributed by atoms with E-state index in [-0.39, 0.29) is 24.7 Å². The minimum absolute atomic E-state index is 0.133. The maximum absolute atomic E-state index is 13.6. The molecule has 2 aromatic heterocycles. The lowest BCUT2D eigenvalue weighted by atomic mass is 9.98. The monoisotopic (exact) mass is 551 g/mol. The third-order valence-electron chi connectivity index (χ3n) is 7.66. The molecule has 0 aliphatic carbocycles. The van der Waals surface area contributed by atoms with Crippen molar-refractivity contribution in [1.82, 2.24) is 30.5 Å². The Labute approximate surface area is 232 Å². The molecule has 3 heterocycles. The molecule has 3 aromatic rings. The molecule has 1 fully saturated rings. The average molecular weight is 552 g/mol. The number of carbonyl (C=O) groups excluding carboxylic acids is 3. The van der Waals surface area contributed by atoms with Crippen LogP contribution in [0.1, 0.15) is 44.4 Å². The van der Waals surface area contributed by atoms with Gasteiger partial charge in [-0.2, -0.15) is 0 Å². The Balaban J connectivity index is 1.53. The first-order chi connectivity index (χ1) is 19.2. The first-order valence-corrected chi connectivity index (χ1v) is 13.6. The van der Waals surface area contributed by atoms with Crippen molar-refractivity contribution in [3.05, 3.63) is 54.2 Å². The molecule has 4 rings (SSSR count). The largest absolute Gasteiger partial charge is 0.480 e. The third-order valence-corrected chi connectivity index (χ3v) is 7.66. The lowest BCUT2D eigenvalue weighted by Crippen LogP contribution is -2.58. The van der Waals surface area contributed by atoms with E-state index in [4.69, 9.17) is 5.73 Å². The minimum Gasteiger partial charge on any atom is -0.480 e. The van der Waals surface area contributed by atoms with E-state index in [0.29, 0.717) is 31.5 Å². The lowest BCUT2D eigenvalue weighted by Gasteiger charge is -2.29. The predicted molar refractivity (Wildman–Crippen MR) is 148 cm³/mol. The van der Waals surface area contributed by atoms with Gasteiger partial charge in [0.1, 0.15) is 18.1 Å².